The summed E-state index contributed by atoms with van der Waals surface area (Å²) in [6.45, 7) is 2.40. The fourth-order valence-electron chi connectivity index (χ4n) is 3.59. The van der Waals surface area contributed by atoms with Crippen LogP contribution in [-0.4, -0.2) is 58.0 Å². The number of fused-ring (bicyclic) bond motifs is 1. The van der Waals surface area contributed by atoms with E-state index >= 15 is 0 Å². The third-order valence-electron chi connectivity index (χ3n) is 5.17. The molecule has 4 heterocycles. The summed E-state index contributed by atoms with van der Waals surface area (Å²) in [7, 11) is 0. The van der Waals surface area contributed by atoms with Crippen molar-refractivity contribution in [3.63, 3.8) is 0 Å². The van der Waals surface area contributed by atoms with Gasteiger partial charge in [-0.1, -0.05) is 11.3 Å². The number of rotatable bonds is 5. The highest BCUT2D eigenvalue weighted by Crippen LogP contribution is 2.35. The summed E-state index contributed by atoms with van der Waals surface area (Å²) in [5.74, 6) is 0.859. The van der Waals surface area contributed by atoms with Crippen LogP contribution in [-0.2, 0) is 9.47 Å². The van der Waals surface area contributed by atoms with Crippen molar-refractivity contribution >= 4 is 0 Å². The lowest BCUT2D eigenvalue weighted by molar-refractivity contribution is 0.0620. The number of nitrogens with zero attached hydrogens (tertiary/aromatic N) is 4. The average Bonchev–Trinajstić information content (AvgIpc) is 3.01. The third-order valence-corrected chi connectivity index (χ3v) is 5.17. The van der Waals surface area contributed by atoms with Crippen molar-refractivity contribution in [2.24, 2.45) is 5.92 Å². The molecule has 1 saturated carbocycles. The van der Waals surface area contributed by atoms with E-state index in [4.69, 9.17) is 9.47 Å². The van der Waals surface area contributed by atoms with Crippen molar-refractivity contribution < 1.29 is 9.47 Å². The molecule has 1 aliphatic carbocycles. The second kappa shape index (κ2) is 5.91. The minimum absolute atomic E-state index is 0.0417. The summed E-state index contributed by atoms with van der Waals surface area (Å²) in [4.78, 5) is 4.33. The second-order valence-electron chi connectivity index (χ2n) is 6.92. The average molecular weight is 327 g/mol. The number of pyridine rings is 1. The van der Waals surface area contributed by atoms with E-state index in [9.17, 15) is 0 Å². The lowest BCUT2D eigenvalue weighted by atomic mass is 10.1. The van der Waals surface area contributed by atoms with Gasteiger partial charge in [0.25, 0.3) is 0 Å². The summed E-state index contributed by atoms with van der Waals surface area (Å²) in [5.41, 5.74) is 1.61. The zero-order valence-electron chi connectivity index (χ0n) is 13.4. The van der Waals surface area contributed by atoms with Gasteiger partial charge in [-0.3, -0.25) is 4.98 Å². The molecule has 2 aromatic rings. The third kappa shape index (κ3) is 2.62. The van der Waals surface area contributed by atoms with Crippen LogP contribution in [0, 0.1) is 5.92 Å². The summed E-state index contributed by atoms with van der Waals surface area (Å²) in [5, 5.41) is 12.2. The molecule has 0 unspecified atom stereocenters. The Balaban J connectivity index is 1.29. The van der Waals surface area contributed by atoms with Gasteiger partial charge in [-0.05, 0) is 37.4 Å². The molecule has 3 fully saturated rings. The number of aromatic nitrogens is 4. The molecule has 2 saturated heterocycles. The normalized spacial score (nSPS) is 32.2. The quantitative estimate of drug-likeness (QED) is 0.885. The first-order chi connectivity index (χ1) is 11.9. The molecule has 2 aromatic heterocycles. The van der Waals surface area contributed by atoms with Crippen molar-refractivity contribution in [3.8, 4) is 11.4 Å². The van der Waals surface area contributed by atoms with Gasteiger partial charge in [0.15, 0.2) is 0 Å². The molecular formula is C17H21N5O2. The van der Waals surface area contributed by atoms with E-state index in [-0.39, 0.29) is 18.2 Å². The maximum absolute atomic E-state index is 6.03. The minimum Gasteiger partial charge on any atom is -0.371 e. The fraction of sp³-hybridized carbons (Fsp3) is 0.588. The van der Waals surface area contributed by atoms with Crippen LogP contribution in [0.1, 0.15) is 18.9 Å². The highest BCUT2D eigenvalue weighted by atomic mass is 16.6. The number of nitrogens with one attached hydrogen (secondary N) is 1. The van der Waals surface area contributed by atoms with Gasteiger partial charge in [0.2, 0.25) is 0 Å². The molecule has 24 heavy (non-hydrogen) atoms. The zero-order chi connectivity index (χ0) is 15.9. The van der Waals surface area contributed by atoms with E-state index in [1.807, 2.05) is 29.1 Å². The summed E-state index contributed by atoms with van der Waals surface area (Å²) in [6, 6.07) is 6.15. The van der Waals surface area contributed by atoms with Gasteiger partial charge in [-0.2, -0.15) is 0 Å². The van der Waals surface area contributed by atoms with Crippen molar-refractivity contribution in [1.82, 2.24) is 25.3 Å². The number of hydrogen-bond donors (Lipinski definition) is 1. The predicted molar refractivity (Wildman–Crippen MR) is 86.3 cm³/mol. The van der Waals surface area contributed by atoms with Gasteiger partial charge < -0.3 is 14.8 Å². The van der Waals surface area contributed by atoms with Gasteiger partial charge in [-0.25, -0.2) is 4.68 Å². The van der Waals surface area contributed by atoms with Crippen LogP contribution >= 0.6 is 0 Å². The lowest BCUT2D eigenvalue weighted by Gasteiger charge is -2.17. The molecule has 5 rings (SSSR count). The van der Waals surface area contributed by atoms with E-state index in [0.29, 0.717) is 19.3 Å². The summed E-state index contributed by atoms with van der Waals surface area (Å²) in [6.07, 6.45) is 6.56. The molecule has 2 aliphatic heterocycles. The molecule has 7 heteroatoms. The van der Waals surface area contributed by atoms with Gasteiger partial charge in [0, 0.05) is 6.20 Å². The topological polar surface area (TPSA) is 74.1 Å². The van der Waals surface area contributed by atoms with Crippen molar-refractivity contribution in [2.45, 2.75) is 37.1 Å². The van der Waals surface area contributed by atoms with Crippen LogP contribution in [0.3, 0.4) is 0 Å². The molecule has 0 bridgehead atoms. The van der Waals surface area contributed by atoms with E-state index in [1.54, 1.807) is 6.20 Å². The molecule has 3 aliphatic rings. The Morgan fingerprint density at radius 2 is 2.04 bits per heavy atom. The first-order valence-corrected chi connectivity index (χ1v) is 8.68. The first kappa shape index (κ1) is 14.5. The summed E-state index contributed by atoms with van der Waals surface area (Å²) >= 11 is 0. The zero-order valence-corrected chi connectivity index (χ0v) is 13.4. The maximum Gasteiger partial charge on any atom is 0.131 e. The van der Waals surface area contributed by atoms with E-state index in [2.05, 4.69) is 20.6 Å². The number of hydrogen-bond acceptors (Lipinski definition) is 6. The molecule has 0 radical (unpaired) electrons. The Hall–Kier alpha value is -1.83. The molecule has 7 nitrogen and oxygen atoms in total. The van der Waals surface area contributed by atoms with Gasteiger partial charge >= 0.3 is 0 Å². The first-order valence-electron chi connectivity index (χ1n) is 8.68. The smallest absolute Gasteiger partial charge is 0.131 e. The number of ether oxygens (including phenoxy) is 2. The summed E-state index contributed by atoms with van der Waals surface area (Å²) < 4.78 is 13.9. The standard InChI is InChI=1S/C17H21N5O2/c1-2-6-18-12(3-1)13-8-22(21-20-13)15-10-24-16-14(9-23-17(15)16)19-7-11-4-5-11/h1-3,6,8,11,14-17,19H,4-5,7,9-10H2/t14-,15+,16-,17+/m0/s1. The van der Waals surface area contributed by atoms with Crippen LogP contribution in [0.2, 0.25) is 0 Å². The molecule has 126 valence electrons. The Labute approximate surface area is 140 Å². The minimum atomic E-state index is 0.0417. The highest BCUT2D eigenvalue weighted by molar-refractivity contribution is 5.51. The fourth-order valence-corrected chi connectivity index (χ4v) is 3.59. The molecule has 0 spiro atoms. The maximum atomic E-state index is 6.03. The monoisotopic (exact) mass is 327 g/mol. The van der Waals surface area contributed by atoms with E-state index < -0.39 is 0 Å². The van der Waals surface area contributed by atoms with Crippen LogP contribution in [0.15, 0.2) is 30.6 Å². The Kier molecular flexibility index (Phi) is 3.57. The van der Waals surface area contributed by atoms with E-state index in [1.165, 1.54) is 12.8 Å². The van der Waals surface area contributed by atoms with Gasteiger partial charge in [0.1, 0.15) is 23.9 Å². The molecule has 1 N–H and O–H groups in total. The van der Waals surface area contributed by atoms with Crippen molar-refractivity contribution in [2.75, 3.05) is 19.8 Å². The second-order valence-corrected chi connectivity index (χ2v) is 6.92. The predicted octanol–water partition coefficient (Wildman–Crippen LogP) is 1.05. The molecule has 0 amide bonds. The largest absolute Gasteiger partial charge is 0.371 e. The van der Waals surface area contributed by atoms with Gasteiger partial charge in [-0.15, -0.1) is 5.10 Å². The van der Waals surface area contributed by atoms with Crippen LogP contribution in [0.4, 0.5) is 0 Å². The SMILES string of the molecule is c1ccc(-c2cn([C@@H]3CO[C@@H]4[C@@H]3OC[C@@H]4NCC3CC3)nn2)nc1. The lowest BCUT2D eigenvalue weighted by Crippen LogP contribution is -2.41. The van der Waals surface area contributed by atoms with Crippen molar-refractivity contribution in [3.05, 3.63) is 30.6 Å². The van der Waals surface area contributed by atoms with Gasteiger partial charge in [0.05, 0.1) is 31.1 Å². The van der Waals surface area contributed by atoms with E-state index in [0.717, 1.165) is 23.9 Å². The van der Waals surface area contributed by atoms with Crippen molar-refractivity contribution in [1.29, 1.82) is 0 Å². The van der Waals surface area contributed by atoms with Crippen LogP contribution < -0.4 is 5.32 Å². The molecule has 0 aromatic carbocycles. The highest BCUT2D eigenvalue weighted by Gasteiger charge is 2.49. The Bertz CT molecular complexity index is 702. The molecule has 4 atom stereocenters. The van der Waals surface area contributed by atoms with Crippen LogP contribution in [0.5, 0.6) is 0 Å². The molecular weight excluding hydrogens is 306 g/mol. The Morgan fingerprint density at radius 3 is 2.88 bits per heavy atom. The Morgan fingerprint density at radius 1 is 1.12 bits per heavy atom. The van der Waals surface area contributed by atoms with Crippen LogP contribution in [0.25, 0.3) is 11.4 Å².